The molecule has 2 aromatic rings. The summed E-state index contributed by atoms with van der Waals surface area (Å²) in [5, 5.41) is 23.7. The third-order valence-corrected chi connectivity index (χ3v) is 4.23. The first-order valence-corrected chi connectivity index (χ1v) is 8.11. The summed E-state index contributed by atoms with van der Waals surface area (Å²) < 4.78 is 0. The first-order chi connectivity index (χ1) is 9.98. The van der Waals surface area contributed by atoms with Crippen molar-refractivity contribution in [1.82, 2.24) is 4.98 Å². The van der Waals surface area contributed by atoms with Gasteiger partial charge in [0.05, 0.1) is 22.4 Å². The Morgan fingerprint density at radius 2 is 2.24 bits per heavy atom. The number of thioether (sulfide) groups is 1. The fourth-order valence-corrected chi connectivity index (χ4v) is 3.01. The van der Waals surface area contributed by atoms with E-state index in [1.807, 2.05) is 31.4 Å². The summed E-state index contributed by atoms with van der Waals surface area (Å²) in [6, 6.07) is 8.06. The van der Waals surface area contributed by atoms with Gasteiger partial charge in [0.2, 0.25) is 0 Å². The number of nitrogens with zero attached hydrogens (tertiary/aromatic N) is 2. The number of nitrogens with one attached hydrogen (secondary N) is 1. The Kier molecular flexibility index (Phi) is 4.71. The zero-order valence-corrected chi connectivity index (χ0v) is 13.3. The van der Waals surface area contributed by atoms with Crippen LogP contribution in [0.15, 0.2) is 24.4 Å². The Balaban J connectivity index is 2.42. The molecule has 110 valence electrons. The van der Waals surface area contributed by atoms with Crippen molar-refractivity contribution < 1.29 is 5.11 Å². The van der Waals surface area contributed by atoms with E-state index in [9.17, 15) is 10.4 Å². The normalized spacial score (nSPS) is 13.7. The Morgan fingerprint density at radius 3 is 2.90 bits per heavy atom. The maximum Gasteiger partial charge on any atom is 0.103 e. The fraction of sp³-hybridized carbons (Fsp3) is 0.375. The monoisotopic (exact) mass is 301 g/mol. The highest BCUT2D eigenvalue weighted by molar-refractivity contribution is 7.98. The maximum absolute atomic E-state index is 10.3. The summed E-state index contributed by atoms with van der Waals surface area (Å²) in [5.74, 6) is 0.629. The van der Waals surface area contributed by atoms with E-state index in [1.165, 1.54) is 0 Å². The minimum absolute atomic E-state index is 0.384. The molecule has 1 heterocycles. The van der Waals surface area contributed by atoms with Gasteiger partial charge in [-0.25, -0.2) is 0 Å². The molecule has 0 fully saturated rings. The van der Waals surface area contributed by atoms with Gasteiger partial charge in [-0.05, 0) is 25.7 Å². The van der Waals surface area contributed by atoms with Crippen molar-refractivity contribution in [2.75, 3.05) is 23.9 Å². The van der Waals surface area contributed by atoms with Crippen molar-refractivity contribution in [3.63, 3.8) is 0 Å². The molecular formula is C16H19N3OS. The van der Waals surface area contributed by atoms with Crippen molar-refractivity contribution in [3.05, 3.63) is 35.5 Å². The molecule has 5 heteroatoms. The number of hydrogen-bond acceptors (Lipinski definition) is 5. The van der Waals surface area contributed by atoms with Crippen molar-refractivity contribution in [3.8, 4) is 6.07 Å². The molecule has 0 radical (unpaired) electrons. The van der Waals surface area contributed by atoms with Crippen LogP contribution in [0.4, 0.5) is 5.69 Å². The predicted molar refractivity (Wildman–Crippen MR) is 88.7 cm³/mol. The van der Waals surface area contributed by atoms with E-state index in [2.05, 4.69) is 16.4 Å². The largest absolute Gasteiger partial charge is 0.387 e. The van der Waals surface area contributed by atoms with Crippen molar-refractivity contribution in [2.45, 2.75) is 19.4 Å². The highest BCUT2D eigenvalue weighted by Gasteiger charge is 2.20. The average molecular weight is 301 g/mol. The molecular weight excluding hydrogens is 282 g/mol. The number of benzene rings is 1. The minimum Gasteiger partial charge on any atom is -0.387 e. The van der Waals surface area contributed by atoms with Gasteiger partial charge < -0.3 is 10.4 Å². The molecule has 0 saturated carbocycles. The molecule has 0 spiro atoms. The Bertz CT molecular complexity index is 692. The lowest BCUT2D eigenvalue weighted by molar-refractivity contribution is 0.0997. The summed E-state index contributed by atoms with van der Waals surface area (Å²) in [7, 11) is 0. The van der Waals surface area contributed by atoms with Gasteiger partial charge in [-0.3, -0.25) is 4.98 Å². The number of fused-ring (bicyclic) bond motifs is 1. The lowest BCUT2D eigenvalue weighted by Gasteiger charge is -2.24. The van der Waals surface area contributed by atoms with Crippen LogP contribution in [-0.2, 0) is 0 Å². The molecule has 0 aliphatic carbocycles. The molecule has 2 rings (SSSR count). The van der Waals surface area contributed by atoms with E-state index in [-0.39, 0.29) is 0 Å². The number of aliphatic hydroxyl groups is 1. The Hall–Kier alpha value is -1.77. The van der Waals surface area contributed by atoms with E-state index in [0.29, 0.717) is 17.9 Å². The number of para-hydroxylation sites is 1. The molecule has 0 bridgehead atoms. The molecule has 0 amide bonds. The summed E-state index contributed by atoms with van der Waals surface area (Å²) in [6.45, 7) is 4.17. The van der Waals surface area contributed by atoms with Gasteiger partial charge in [-0.2, -0.15) is 17.0 Å². The van der Waals surface area contributed by atoms with Crippen LogP contribution >= 0.6 is 11.8 Å². The molecule has 21 heavy (non-hydrogen) atoms. The van der Waals surface area contributed by atoms with E-state index in [0.717, 1.165) is 22.2 Å². The number of aromatic nitrogens is 1. The standard InChI is InChI=1S/C16H19N3OS/c1-11-5-4-6-13-14(11)18-8-12(7-17)15(13)19-9-16(2,20)10-21-3/h4-6,8,20H,9-10H2,1-3H3,(H,18,19). The highest BCUT2D eigenvalue weighted by Crippen LogP contribution is 2.28. The summed E-state index contributed by atoms with van der Waals surface area (Å²) >= 11 is 1.59. The number of anilines is 1. The van der Waals surface area contributed by atoms with Gasteiger partial charge >= 0.3 is 0 Å². The lowest BCUT2D eigenvalue weighted by atomic mass is 10.1. The number of hydrogen-bond donors (Lipinski definition) is 2. The molecule has 1 unspecified atom stereocenters. The third kappa shape index (κ3) is 3.46. The van der Waals surface area contributed by atoms with E-state index >= 15 is 0 Å². The second kappa shape index (κ2) is 6.33. The molecule has 1 atom stereocenters. The Labute approximate surface area is 129 Å². The molecule has 1 aromatic heterocycles. The molecule has 4 nitrogen and oxygen atoms in total. The van der Waals surface area contributed by atoms with Crippen LogP contribution in [0, 0.1) is 18.3 Å². The predicted octanol–water partition coefficient (Wildman–Crippen LogP) is 2.94. The number of aryl methyl sites for hydroxylation is 1. The lowest BCUT2D eigenvalue weighted by Crippen LogP contribution is -2.36. The summed E-state index contributed by atoms with van der Waals surface area (Å²) in [4.78, 5) is 4.36. The smallest absolute Gasteiger partial charge is 0.103 e. The fourth-order valence-electron chi connectivity index (χ4n) is 2.29. The van der Waals surface area contributed by atoms with Gasteiger partial charge in [-0.15, -0.1) is 0 Å². The second-order valence-electron chi connectivity index (χ2n) is 5.41. The van der Waals surface area contributed by atoms with Crippen LogP contribution in [0.5, 0.6) is 0 Å². The quantitative estimate of drug-likeness (QED) is 0.888. The van der Waals surface area contributed by atoms with Gasteiger partial charge in [-0.1, -0.05) is 18.2 Å². The third-order valence-electron chi connectivity index (χ3n) is 3.32. The van der Waals surface area contributed by atoms with Crippen LogP contribution in [0.25, 0.3) is 10.9 Å². The van der Waals surface area contributed by atoms with Crippen molar-refractivity contribution in [1.29, 1.82) is 5.26 Å². The van der Waals surface area contributed by atoms with Crippen LogP contribution in [-0.4, -0.2) is 34.2 Å². The van der Waals surface area contributed by atoms with Crippen LogP contribution < -0.4 is 5.32 Å². The first kappa shape index (κ1) is 15.6. The highest BCUT2D eigenvalue weighted by atomic mass is 32.2. The van der Waals surface area contributed by atoms with Crippen LogP contribution in [0.2, 0.25) is 0 Å². The number of nitriles is 1. The van der Waals surface area contributed by atoms with Gasteiger partial charge in [0, 0.05) is 23.9 Å². The average Bonchev–Trinajstić information content (AvgIpc) is 2.45. The van der Waals surface area contributed by atoms with Crippen molar-refractivity contribution in [2.24, 2.45) is 0 Å². The van der Waals surface area contributed by atoms with Gasteiger partial charge in [0.25, 0.3) is 0 Å². The molecule has 0 aliphatic rings. The first-order valence-electron chi connectivity index (χ1n) is 6.72. The zero-order chi connectivity index (χ0) is 15.5. The number of rotatable bonds is 5. The maximum atomic E-state index is 10.3. The molecule has 0 aliphatic heterocycles. The molecule has 1 aromatic carbocycles. The zero-order valence-electron chi connectivity index (χ0n) is 12.5. The van der Waals surface area contributed by atoms with E-state index in [1.54, 1.807) is 24.9 Å². The summed E-state index contributed by atoms with van der Waals surface area (Å²) in [5.41, 5.74) is 2.35. The Morgan fingerprint density at radius 1 is 1.48 bits per heavy atom. The summed E-state index contributed by atoms with van der Waals surface area (Å²) in [6.07, 6.45) is 3.54. The second-order valence-corrected chi connectivity index (χ2v) is 6.28. The van der Waals surface area contributed by atoms with Gasteiger partial charge in [0.15, 0.2) is 0 Å². The SMILES string of the molecule is CSCC(C)(O)CNc1c(C#N)cnc2c(C)cccc12. The van der Waals surface area contributed by atoms with Crippen LogP contribution in [0.1, 0.15) is 18.1 Å². The molecule has 0 saturated heterocycles. The van der Waals surface area contributed by atoms with Crippen molar-refractivity contribution >= 4 is 28.4 Å². The van der Waals surface area contributed by atoms with Gasteiger partial charge in [0.1, 0.15) is 6.07 Å². The van der Waals surface area contributed by atoms with Crippen LogP contribution in [0.3, 0.4) is 0 Å². The van der Waals surface area contributed by atoms with E-state index < -0.39 is 5.60 Å². The topological polar surface area (TPSA) is 68.9 Å². The number of pyridine rings is 1. The minimum atomic E-state index is -0.828. The molecule has 2 N–H and O–H groups in total. The van der Waals surface area contributed by atoms with E-state index in [4.69, 9.17) is 0 Å².